The molecule has 1 aliphatic rings. The molecule has 1 aliphatic heterocycles. The number of hydrogen-bond donors (Lipinski definition) is 7. The fourth-order valence-corrected chi connectivity index (χ4v) is 4.19. The Labute approximate surface area is 219 Å². The van der Waals surface area contributed by atoms with Crippen LogP contribution in [0, 0.1) is 5.82 Å². The molecule has 37 heavy (non-hydrogen) atoms. The van der Waals surface area contributed by atoms with Gasteiger partial charge in [-0.05, 0) is 62.2 Å². The molecule has 2 amide bonds. The first-order chi connectivity index (χ1) is 17.8. The lowest BCUT2D eigenvalue weighted by Gasteiger charge is -2.24. The zero-order chi connectivity index (χ0) is 26.8. The maximum absolute atomic E-state index is 14.3. The third-order valence-corrected chi connectivity index (χ3v) is 6.20. The summed E-state index contributed by atoms with van der Waals surface area (Å²) in [7, 11) is 1.77. The normalized spacial score (nSPS) is 16.7. The van der Waals surface area contributed by atoms with Crippen molar-refractivity contribution in [3.8, 4) is 11.1 Å². The highest BCUT2D eigenvalue weighted by atomic mass is 35.5. The molecule has 2 aromatic rings. The number of aliphatic carboxylic acids is 1. The minimum atomic E-state index is -1.18. The quantitative estimate of drug-likeness (QED) is 0.189. The van der Waals surface area contributed by atoms with Gasteiger partial charge in [0.1, 0.15) is 17.9 Å². The Hall–Kier alpha value is -3.09. The van der Waals surface area contributed by atoms with Gasteiger partial charge in [-0.15, -0.1) is 0 Å². The molecule has 1 fully saturated rings. The van der Waals surface area contributed by atoms with Crippen molar-refractivity contribution >= 4 is 29.4 Å². The van der Waals surface area contributed by atoms with E-state index in [1.807, 2.05) is 0 Å². The number of carboxylic acid groups (broad SMARTS) is 1. The minimum absolute atomic E-state index is 0.0168. The number of benzene rings is 2. The van der Waals surface area contributed by atoms with Crippen molar-refractivity contribution in [2.45, 2.75) is 43.8 Å². The third-order valence-electron chi connectivity index (χ3n) is 5.96. The average molecular weight is 535 g/mol. The van der Waals surface area contributed by atoms with Crippen LogP contribution < -0.4 is 32.3 Å². The molecule has 0 aliphatic carbocycles. The first kappa shape index (κ1) is 28.5. The molecule has 0 saturated carbocycles. The van der Waals surface area contributed by atoms with Crippen LogP contribution in [0.5, 0.6) is 0 Å². The minimum Gasteiger partial charge on any atom is -0.480 e. The molecule has 10 nitrogen and oxygen atoms in total. The molecule has 0 aromatic heterocycles. The van der Waals surface area contributed by atoms with Crippen molar-refractivity contribution in [1.82, 2.24) is 32.3 Å². The summed E-state index contributed by atoms with van der Waals surface area (Å²) in [5.74, 6) is -2.27. The lowest BCUT2D eigenvalue weighted by Crippen LogP contribution is -2.51. The van der Waals surface area contributed by atoms with Gasteiger partial charge >= 0.3 is 5.97 Å². The van der Waals surface area contributed by atoms with E-state index in [-0.39, 0.29) is 24.7 Å². The summed E-state index contributed by atoms with van der Waals surface area (Å²) in [4.78, 5) is 37.0. The van der Waals surface area contributed by atoms with Crippen LogP contribution in [-0.4, -0.2) is 61.2 Å². The predicted molar refractivity (Wildman–Crippen MR) is 138 cm³/mol. The molecule has 7 N–H and O–H groups in total. The largest absolute Gasteiger partial charge is 0.480 e. The van der Waals surface area contributed by atoms with Gasteiger partial charge in [0.15, 0.2) is 0 Å². The first-order valence-corrected chi connectivity index (χ1v) is 12.4. The molecule has 0 spiro atoms. The molecular weight excluding hydrogens is 503 g/mol. The SMILES string of the molecule is CNCCCC(=O)N[C@H](C[C@@H](Cc1ccc(-c2cc(Cl)ccc2F)cc1)NC(=O)C1CNNN1)C(=O)O. The lowest BCUT2D eigenvalue weighted by molar-refractivity contribution is -0.142. The molecule has 200 valence electrons. The summed E-state index contributed by atoms with van der Waals surface area (Å²) in [5, 5.41) is 18.6. The van der Waals surface area contributed by atoms with Gasteiger partial charge in [0, 0.05) is 29.6 Å². The number of carbonyl (C=O) groups excluding carboxylic acids is 2. The molecule has 3 atom stereocenters. The van der Waals surface area contributed by atoms with Gasteiger partial charge in [-0.3, -0.25) is 9.59 Å². The van der Waals surface area contributed by atoms with Crippen molar-refractivity contribution < 1.29 is 23.9 Å². The maximum atomic E-state index is 14.3. The zero-order valence-corrected chi connectivity index (χ0v) is 21.2. The molecule has 0 bridgehead atoms. The van der Waals surface area contributed by atoms with E-state index in [9.17, 15) is 23.9 Å². The molecule has 1 heterocycles. The average Bonchev–Trinajstić information content (AvgIpc) is 3.41. The van der Waals surface area contributed by atoms with E-state index in [4.69, 9.17) is 11.6 Å². The van der Waals surface area contributed by atoms with Gasteiger partial charge in [0.25, 0.3) is 0 Å². The maximum Gasteiger partial charge on any atom is 0.326 e. The summed E-state index contributed by atoms with van der Waals surface area (Å²) in [6, 6.07) is 9.07. The number of nitrogens with one attached hydrogen (secondary N) is 6. The molecule has 12 heteroatoms. The van der Waals surface area contributed by atoms with E-state index in [1.54, 1.807) is 37.4 Å². The molecule has 2 aromatic carbocycles. The summed E-state index contributed by atoms with van der Waals surface area (Å²) in [6.07, 6.45) is 1.04. The van der Waals surface area contributed by atoms with E-state index in [0.717, 1.165) is 5.56 Å². The topological polar surface area (TPSA) is 144 Å². The van der Waals surface area contributed by atoms with E-state index >= 15 is 0 Å². The molecular formula is C25H32ClFN6O4. The summed E-state index contributed by atoms with van der Waals surface area (Å²) in [6.45, 7) is 0.985. The van der Waals surface area contributed by atoms with Crippen LogP contribution in [0.4, 0.5) is 4.39 Å². The Morgan fingerprint density at radius 1 is 1.16 bits per heavy atom. The van der Waals surface area contributed by atoms with Gasteiger partial charge in [-0.2, -0.15) is 5.53 Å². The van der Waals surface area contributed by atoms with Crippen LogP contribution >= 0.6 is 11.6 Å². The molecule has 1 unspecified atom stereocenters. The Bertz CT molecular complexity index is 1080. The van der Waals surface area contributed by atoms with E-state index in [0.29, 0.717) is 42.1 Å². The summed E-state index contributed by atoms with van der Waals surface area (Å²) in [5.41, 5.74) is 10.0. The first-order valence-electron chi connectivity index (χ1n) is 12.0. The number of carboxylic acids is 1. The van der Waals surface area contributed by atoms with Crippen LogP contribution in [-0.2, 0) is 20.8 Å². The highest BCUT2D eigenvalue weighted by Gasteiger charge is 2.29. The number of amides is 2. The van der Waals surface area contributed by atoms with Crippen LogP contribution in [0.1, 0.15) is 24.8 Å². The Morgan fingerprint density at radius 3 is 2.57 bits per heavy atom. The highest BCUT2D eigenvalue weighted by molar-refractivity contribution is 6.30. The van der Waals surface area contributed by atoms with Crippen LogP contribution in [0.25, 0.3) is 11.1 Å². The highest BCUT2D eigenvalue weighted by Crippen LogP contribution is 2.26. The Balaban J connectivity index is 1.74. The van der Waals surface area contributed by atoms with Crippen molar-refractivity contribution in [2.24, 2.45) is 0 Å². The van der Waals surface area contributed by atoms with Crippen LogP contribution in [0.2, 0.25) is 5.02 Å². The number of hydrazine groups is 2. The van der Waals surface area contributed by atoms with Gasteiger partial charge in [-0.25, -0.2) is 20.0 Å². The van der Waals surface area contributed by atoms with Crippen molar-refractivity contribution in [2.75, 3.05) is 20.1 Å². The van der Waals surface area contributed by atoms with Gasteiger partial charge in [0.2, 0.25) is 11.8 Å². The summed E-state index contributed by atoms with van der Waals surface area (Å²) >= 11 is 6.01. The van der Waals surface area contributed by atoms with E-state index in [1.165, 1.54) is 12.1 Å². The van der Waals surface area contributed by atoms with Gasteiger partial charge in [-0.1, -0.05) is 35.9 Å². The second-order valence-corrected chi connectivity index (χ2v) is 9.27. The predicted octanol–water partition coefficient (Wildman–Crippen LogP) is 1.11. The van der Waals surface area contributed by atoms with E-state index < -0.39 is 29.9 Å². The second kappa shape index (κ2) is 14.0. The zero-order valence-electron chi connectivity index (χ0n) is 20.4. The fourth-order valence-electron chi connectivity index (χ4n) is 4.02. The Morgan fingerprint density at radius 2 is 1.92 bits per heavy atom. The molecule has 0 radical (unpaired) electrons. The number of hydrogen-bond acceptors (Lipinski definition) is 7. The van der Waals surface area contributed by atoms with Crippen LogP contribution in [0.3, 0.4) is 0 Å². The van der Waals surface area contributed by atoms with Crippen molar-refractivity contribution in [3.05, 3.63) is 58.9 Å². The van der Waals surface area contributed by atoms with Crippen molar-refractivity contribution in [1.29, 1.82) is 0 Å². The molecule has 1 saturated heterocycles. The monoisotopic (exact) mass is 534 g/mol. The second-order valence-electron chi connectivity index (χ2n) is 8.83. The molecule has 3 rings (SSSR count). The summed E-state index contributed by atoms with van der Waals surface area (Å²) < 4.78 is 14.3. The fraction of sp³-hybridized carbons (Fsp3) is 0.400. The lowest BCUT2D eigenvalue weighted by atomic mass is 9.96. The van der Waals surface area contributed by atoms with Crippen molar-refractivity contribution in [3.63, 3.8) is 0 Å². The number of halogens is 2. The smallest absolute Gasteiger partial charge is 0.326 e. The van der Waals surface area contributed by atoms with Crippen LogP contribution in [0.15, 0.2) is 42.5 Å². The van der Waals surface area contributed by atoms with E-state index in [2.05, 4.69) is 32.3 Å². The van der Waals surface area contributed by atoms with Gasteiger partial charge < -0.3 is 21.1 Å². The number of rotatable bonds is 13. The third kappa shape index (κ3) is 8.76. The number of carbonyl (C=O) groups is 3. The van der Waals surface area contributed by atoms with Gasteiger partial charge in [0.05, 0.1) is 0 Å². The standard InChI is InChI=1S/C25H32ClFN6O4/c1-28-10-2-3-23(34)31-21(25(36)37)13-18(30-24(35)22-14-29-33-32-22)11-15-4-6-16(7-5-15)19-12-17(26)8-9-20(19)27/h4-9,12,18,21-22,28-29,32-33H,2-3,10-11,13-14H2,1H3,(H,30,35)(H,31,34)(H,36,37)/t18-,21-,22?/m1/s1. The Kier molecular flexibility index (Phi) is 10.8.